The summed E-state index contributed by atoms with van der Waals surface area (Å²) in [6.07, 6.45) is -8.72. The highest BCUT2D eigenvalue weighted by molar-refractivity contribution is 6.11. The normalized spacial score (nSPS) is 25.2. The summed E-state index contributed by atoms with van der Waals surface area (Å²) in [5.74, 6) is -4.70. The fraction of sp³-hybridized carbons (Fsp3) is 0.238. The number of carboxylic acids is 3. The largest absolute Gasteiger partial charge is 0.479 e. The van der Waals surface area contributed by atoms with Crippen LogP contribution in [0.25, 0.3) is 21.9 Å². The molecule has 0 saturated carbocycles. The summed E-state index contributed by atoms with van der Waals surface area (Å²) in [7, 11) is 0. The number of carboxylic acid groups (broad SMARTS) is 3. The number of hydrogen-bond donors (Lipinski definition) is 6. The summed E-state index contributed by atoms with van der Waals surface area (Å²) in [4.78, 5) is 47.5. The van der Waals surface area contributed by atoms with Crippen LogP contribution in [0.4, 0.5) is 0 Å². The molecule has 5 atom stereocenters. The minimum Gasteiger partial charge on any atom is -0.479 e. The van der Waals surface area contributed by atoms with E-state index in [1.54, 1.807) is 0 Å². The summed E-state index contributed by atoms with van der Waals surface area (Å²) in [5, 5.41) is 57.8. The smallest absolute Gasteiger partial charge is 0.340 e. The number of aliphatic hydroxyl groups is 3. The molecule has 3 aromatic rings. The Hall–Kier alpha value is -3.84. The number of aromatic carboxylic acids is 2. The third-order valence-electron chi connectivity index (χ3n) is 5.49. The highest BCUT2D eigenvalue weighted by Crippen LogP contribution is 2.34. The van der Waals surface area contributed by atoms with E-state index in [0.29, 0.717) is 0 Å². The van der Waals surface area contributed by atoms with E-state index in [0.717, 1.165) is 12.1 Å². The topological polar surface area (TPSA) is 212 Å². The third kappa shape index (κ3) is 3.50. The van der Waals surface area contributed by atoms with Gasteiger partial charge in [0.15, 0.2) is 11.7 Å². The number of rotatable bonds is 4. The molecule has 0 bridgehead atoms. The van der Waals surface area contributed by atoms with Crippen LogP contribution in [0.15, 0.2) is 39.5 Å². The molecular formula is C21H16O12. The van der Waals surface area contributed by atoms with Crippen molar-refractivity contribution in [3.05, 3.63) is 57.2 Å². The Balaban J connectivity index is 1.91. The molecular weight excluding hydrogens is 444 g/mol. The molecule has 1 fully saturated rings. The number of aliphatic hydroxyl groups excluding tert-OH is 3. The summed E-state index contributed by atoms with van der Waals surface area (Å²) in [6.45, 7) is 0. The third-order valence-corrected chi connectivity index (χ3v) is 5.49. The number of benzene rings is 2. The van der Waals surface area contributed by atoms with E-state index in [1.807, 2.05) is 0 Å². The molecule has 2 aromatic carbocycles. The van der Waals surface area contributed by atoms with Crippen LogP contribution in [-0.4, -0.2) is 73.0 Å². The lowest BCUT2D eigenvalue weighted by atomic mass is 9.90. The second-order valence-corrected chi connectivity index (χ2v) is 7.45. The summed E-state index contributed by atoms with van der Waals surface area (Å²) in [6, 6.07) is 5.80. The quantitative estimate of drug-likeness (QED) is 0.283. The van der Waals surface area contributed by atoms with Crippen molar-refractivity contribution in [2.24, 2.45) is 0 Å². The zero-order chi connectivity index (χ0) is 24.2. The van der Waals surface area contributed by atoms with E-state index in [9.17, 15) is 49.8 Å². The minimum atomic E-state index is -1.89. The predicted octanol–water partition coefficient (Wildman–Crippen LogP) is -0.0502. The molecule has 12 nitrogen and oxygen atoms in total. The Morgan fingerprint density at radius 3 is 2.12 bits per heavy atom. The second-order valence-electron chi connectivity index (χ2n) is 7.45. The monoisotopic (exact) mass is 460 g/mol. The summed E-state index contributed by atoms with van der Waals surface area (Å²) >= 11 is 0. The Bertz CT molecular complexity index is 1370. The maximum Gasteiger partial charge on any atom is 0.340 e. The van der Waals surface area contributed by atoms with Crippen molar-refractivity contribution in [3.8, 4) is 0 Å². The molecule has 172 valence electrons. The van der Waals surface area contributed by atoms with Gasteiger partial charge in [0.25, 0.3) is 0 Å². The number of fused-ring (bicyclic) bond motifs is 2. The van der Waals surface area contributed by atoms with Crippen molar-refractivity contribution in [1.29, 1.82) is 0 Å². The fourth-order valence-corrected chi connectivity index (χ4v) is 3.86. The fourth-order valence-electron chi connectivity index (χ4n) is 3.86. The van der Waals surface area contributed by atoms with Gasteiger partial charge in [-0.3, -0.25) is 4.79 Å². The molecule has 6 N–H and O–H groups in total. The van der Waals surface area contributed by atoms with E-state index in [4.69, 9.17) is 9.15 Å². The first-order chi connectivity index (χ1) is 15.5. The van der Waals surface area contributed by atoms with Gasteiger partial charge in [0, 0.05) is 0 Å². The molecule has 33 heavy (non-hydrogen) atoms. The lowest BCUT2D eigenvalue weighted by molar-refractivity contribution is -0.229. The molecule has 1 aromatic heterocycles. The molecule has 1 aliphatic heterocycles. The van der Waals surface area contributed by atoms with Crippen LogP contribution in [0, 0.1) is 0 Å². The molecule has 12 heteroatoms. The molecule has 4 rings (SSSR count). The van der Waals surface area contributed by atoms with Crippen LogP contribution >= 0.6 is 0 Å². The van der Waals surface area contributed by atoms with Crippen molar-refractivity contribution in [3.63, 3.8) is 0 Å². The van der Waals surface area contributed by atoms with E-state index in [1.165, 1.54) is 18.2 Å². The second kappa shape index (κ2) is 7.94. The standard InChI is InChI=1S/C21H16O12/c22-12-8-3-2-7(19(26)27)11(20(28)29)17(8)32-10-4-1-6(5-9(10)12)16-14(24)13(23)15(25)18(33-16)21(30)31/h1-5,13-16,18,23-25H,(H,26,27)(H,28,29)(H,30,31). The Morgan fingerprint density at radius 1 is 0.818 bits per heavy atom. The van der Waals surface area contributed by atoms with Gasteiger partial charge in [-0.05, 0) is 29.8 Å². The number of aliphatic carboxylic acids is 1. The number of ether oxygens (including phenoxy) is 1. The van der Waals surface area contributed by atoms with Gasteiger partial charge < -0.3 is 39.8 Å². The lowest BCUT2D eigenvalue weighted by Crippen LogP contribution is -2.56. The molecule has 0 amide bonds. The average Bonchev–Trinajstić information content (AvgIpc) is 2.76. The van der Waals surface area contributed by atoms with Gasteiger partial charge >= 0.3 is 17.9 Å². The van der Waals surface area contributed by atoms with Gasteiger partial charge in [-0.25, -0.2) is 14.4 Å². The Kier molecular flexibility index (Phi) is 5.38. The SMILES string of the molecule is O=C(O)c1ccc2c(=O)c3cc(C4OC(C(=O)O)C(O)C(O)C4O)ccc3oc2c1C(=O)O. The van der Waals surface area contributed by atoms with Gasteiger partial charge in [-0.1, -0.05) is 6.07 Å². The van der Waals surface area contributed by atoms with Gasteiger partial charge in [-0.2, -0.15) is 0 Å². The molecule has 0 aliphatic carbocycles. The average molecular weight is 460 g/mol. The molecule has 2 heterocycles. The van der Waals surface area contributed by atoms with Gasteiger partial charge in [0.1, 0.15) is 35.6 Å². The van der Waals surface area contributed by atoms with E-state index in [2.05, 4.69) is 0 Å². The predicted molar refractivity (Wildman–Crippen MR) is 107 cm³/mol. The van der Waals surface area contributed by atoms with Crippen LogP contribution < -0.4 is 5.43 Å². The minimum absolute atomic E-state index is 0.0828. The summed E-state index contributed by atoms with van der Waals surface area (Å²) < 4.78 is 10.8. The maximum atomic E-state index is 13.1. The first-order valence-corrected chi connectivity index (χ1v) is 9.45. The number of carbonyl (C=O) groups is 3. The molecule has 1 aliphatic rings. The van der Waals surface area contributed by atoms with Crippen molar-refractivity contribution in [2.45, 2.75) is 30.5 Å². The van der Waals surface area contributed by atoms with Gasteiger partial charge in [0.05, 0.1) is 16.3 Å². The van der Waals surface area contributed by atoms with Crippen LogP contribution in [0.2, 0.25) is 0 Å². The first-order valence-electron chi connectivity index (χ1n) is 9.45. The first kappa shape index (κ1) is 22.4. The van der Waals surface area contributed by atoms with Crippen LogP contribution in [0.3, 0.4) is 0 Å². The van der Waals surface area contributed by atoms with Gasteiger partial charge in [0.2, 0.25) is 5.43 Å². The van der Waals surface area contributed by atoms with Crippen molar-refractivity contribution < 1.29 is 54.2 Å². The highest BCUT2D eigenvalue weighted by Gasteiger charge is 2.47. The number of hydrogen-bond acceptors (Lipinski definition) is 9. The molecule has 0 spiro atoms. The zero-order valence-corrected chi connectivity index (χ0v) is 16.4. The van der Waals surface area contributed by atoms with Crippen molar-refractivity contribution in [2.75, 3.05) is 0 Å². The van der Waals surface area contributed by atoms with E-state index < -0.39 is 70.6 Å². The molecule has 1 saturated heterocycles. The van der Waals surface area contributed by atoms with Crippen LogP contribution in [-0.2, 0) is 9.53 Å². The van der Waals surface area contributed by atoms with Crippen molar-refractivity contribution >= 4 is 39.8 Å². The maximum absolute atomic E-state index is 13.1. The highest BCUT2D eigenvalue weighted by atomic mass is 16.6. The Morgan fingerprint density at radius 2 is 1.52 bits per heavy atom. The van der Waals surface area contributed by atoms with E-state index >= 15 is 0 Å². The molecule has 0 radical (unpaired) electrons. The van der Waals surface area contributed by atoms with Crippen LogP contribution in [0.1, 0.15) is 32.4 Å². The Labute approximate surface area is 182 Å². The zero-order valence-electron chi connectivity index (χ0n) is 16.4. The summed E-state index contributed by atoms with van der Waals surface area (Å²) in [5.41, 5.74) is -2.45. The van der Waals surface area contributed by atoms with E-state index in [-0.39, 0.29) is 21.9 Å². The van der Waals surface area contributed by atoms with Crippen molar-refractivity contribution in [1.82, 2.24) is 0 Å². The lowest BCUT2D eigenvalue weighted by Gasteiger charge is -2.39. The molecule has 5 unspecified atom stereocenters. The van der Waals surface area contributed by atoms with Crippen LogP contribution in [0.5, 0.6) is 0 Å². The van der Waals surface area contributed by atoms with Gasteiger partial charge in [-0.15, -0.1) is 0 Å².